The summed E-state index contributed by atoms with van der Waals surface area (Å²) in [4.78, 5) is 23.2. The molecule has 0 saturated carbocycles. The first-order chi connectivity index (χ1) is 6.11. The van der Waals surface area contributed by atoms with Gasteiger partial charge < -0.3 is 21.1 Å². The second-order valence-corrected chi connectivity index (χ2v) is 2.90. The van der Waals surface area contributed by atoms with Crippen molar-refractivity contribution < 1.29 is 14.3 Å². The Kier molecular flexibility index (Phi) is 3.21. The zero-order chi connectivity index (χ0) is 9.84. The minimum atomic E-state index is -0.790. The Bertz CT molecular complexity index is 219. The molecule has 1 rings (SSSR count). The van der Waals surface area contributed by atoms with E-state index in [-0.39, 0.29) is 19.1 Å². The van der Waals surface area contributed by atoms with Crippen molar-refractivity contribution in [1.29, 1.82) is 0 Å². The van der Waals surface area contributed by atoms with Gasteiger partial charge in [-0.15, -0.1) is 0 Å². The first-order valence-corrected chi connectivity index (χ1v) is 4.01. The van der Waals surface area contributed by atoms with E-state index in [1.54, 1.807) is 0 Å². The molecule has 0 bridgehead atoms. The van der Waals surface area contributed by atoms with E-state index in [4.69, 9.17) is 16.2 Å². The molecule has 1 saturated heterocycles. The molecule has 6 nitrogen and oxygen atoms in total. The normalized spacial score (nSPS) is 20.1. The van der Waals surface area contributed by atoms with Gasteiger partial charge in [0.1, 0.15) is 12.6 Å². The Morgan fingerprint density at radius 1 is 1.69 bits per heavy atom. The van der Waals surface area contributed by atoms with Crippen LogP contribution in [0.1, 0.15) is 0 Å². The number of hydrogen-bond donors (Lipinski definition) is 2. The lowest BCUT2D eigenvalue weighted by atomic mass is 10.2. The highest BCUT2D eigenvalue weighted by molar-refractivity contribution is 5.82. The predicted molar refractivity (Wildman–Crippen MR) is 44.6 cm³/mol. The number of carbonyl (C=O) groups excluding carboxylic acids is 2. The molecule has 0 spiro atoms. The standard InChI is InChI=1S/C7H13N3O3/c8-5(7(9)12)3-10-1-2-13-4-6(10)11/h5H,1-4,8H2,(H2,9,12). The lowest BCUT2D eigenvalue weighted by molar-refractivity contribution is -0.143. The summed E-state index contributed by atoms with van der Waals surface area (Å²) in [6.07, 6.45) is 0. The Hall–Kier alpha value is -1.14. The summed E-state index contributed by atoms with van der Waals surface area (Å²) in [6.45, 7) is 1.19. The lowest BCUT2D eigenvalue weighted by Crippen LogP contribution is -2.51. The molecule has 1 fully saturated rings. The van der Waals surface area contributed by atoms with E-state index in [2.05, 4.69) is 0 Å². The van der Waals surface area contributed by atoms with Gasteiger partial charge in [0.25, 0.3) is 0 Å². The molecule has 6 heteroatoms. The molecular formula is C7H13N3O3. The third-order valence-corrected chi connectivity index (χ3v) is 1.87. The van der Waals surface area contributed by atoms with E-state index in [1.165, 1.54) is 4.90 Å². The van der Waals surface area contributed by atoms with Gasteiger partial charge in [-0.25, -0.2) is 0 Å². The van der Waals surface area contributed by atoms with Crippen molar-refractivity contribution in [2.24, 2.45) is 11.5 Å². The summed E-state index contributed by atoms with van der Waals surface area (Å²) in [7, 11) is 0. The molecule has 13 heavy (non-hydrogen) atoms. The van der Waals surface area contributed by atoms with Crippen LogP contribution < -0.4 is 11.5 Å². The van der Waals surface area contributed by atoms with Crippen LogP contribution in [0.25, 0.3) is 0 Å². The molecule has 1 aliphatic rings. The van der Waals surface area contributed by atoms with Crippen LogP contribution in [0.4, 0.5) is 0 Å². The number of nitrogens with zero attached hydrogens (tertiary/aromatic N) is 1. The highest BCUT2D eigenvalue weighted by Crippen LogP contribution is 1.99. The third kappa shape index (κ3) is 2.67. The third-order valence-electron chi connectivity index (χ3n) is 1.87. The number of amides is 2. The average Bonchev–Trinajstić information content (AvgIpc) is 2.08. The molecule has 1 atom stereocenters. The number of nitrogens with two attached hydrogens (primary N) is 2. The monoisotopic (exact) mass is 187 g/mol. The number of carbonyl (C=O) groups is 2. The van der Waals surface area contributed by atoms with Crippen molar-refractivity contribution in [2.75, 3.05) is 26.3 Å². The highest BCUT2D eigenvalue weighted by Gasteiger charge is 2.22. The minimum absolute atomic E-state index is 0.0610. The fraction of sp³-hybridized carbons (Fsp3) is 0.714. The fourth-order valence-corrected chi connectivity index (χ4v) is 1.07. The molecular weight excluding hydrogens is 174 g/mol. The summed E-state index contributed by atoms with van der Waals surface area (Å²) in [5, 5.41) is 0. The van der Waals surface area contributed by atoms with E-state index in [0.717, 1.165) is 0 Å². The first-order valence-electron chi connectivity index (χ1n) is 4.01. The van der Waals surface area contributed by atoms with E-state index in [1.807, 2.05) is 0 Å². The van der Waals surface area contributed by atoms with Crippen LogP contribution in [0.15, 0.2) is 0 Å². The van der Waals surface area contributed by atoms with Crippen molar-refractivity contribution in [3.8, 4) is 0 Å². The summed E-state index contributed by atoms with van der Waals surface area (Å²) in [5.74, 6) is -0.748. The van der Waals surface area contributed by atoms with Crippen LogP contribution in [0.2, 0.25) is 0 Å². The topological polar surface area (TPSA) is 98.7 Å². The van der Waals surface area contributed by atoms with Crippen molar-refractivity contribution >= 4 is 11.8 Å². The van der Waals surface area contributed by atoms with Gasteiger partial charge in [0.2, 0.25) is 11.8 Å². The van der Waals surface area contributed by atoms with E-state index in [9.17, 15) is 9.59 Å². The van der Waals surface area contributed by atoms with Gasteiger partial charge in [-0.2, -0.15) is 0 Å². The molecule has 1 aliphatic heterocycles. The second-order valence-electron chi connectivity index (χ2n) is 2.90. The average molecular weight is 187 g/mol. The number of primary amides is 1. The van der Waals surface area contributed by atoms with Crippen molar-refractivity contribution in [1.82, 2.24) is 4.90 Å². The first kappa shape index (κ1) is 9.94. The van der Waals surface area contributed by atoms with Gasteiger partial charge in [0.15, 0.2) is 0 Å². The molecule has 1 unspecified atom stereocenters. The predicted octanol–water partition coefficient (Wildman–Crippen LogP) is -2.34. The maximum Gasteiger partial charge on any atom is 0.248 e. The number of hydrogen-bond acceptors (Lipinski definition) is 4. The molecule has 1 heterocycles. The number of ether oxygens (including phenoxy) is 1. The molecule has 4 N–H and O–H groups in total. The fourth-order valence-electron chi connectivity index (χ4n) is 1.07. The Labute approximate surface area is 75.8 Å². The molecule has 0 aliphatic carbocycles. The van der Waals surface area contributed by atoms with E-state index >= 15 is 0 Å². The maximum atomic E-state index is 11.1. The van der Waals surface area contributed by atoms with Crippen LogP contribution in [-0.4, -0.2) is 49.1 Å². The highest BCUT2D eigenvalue weighted by atomic mass is 16.5. The van der Waals surface area contributed by atoms with Gasteiger partial charge in [-0.1, -0.05) is 0 Å². The largest absolute Gasteiger partial charge is 0.370 e. The zero-order valence-corrected chi connectivity index (χ0v) is 7.23. The summed E-state index contributed by atoms with van der Waals surface area (Å²) < 4.78 is 4.91. The van der Waals surface area contributed by atoms with Crippen LogP contribution >= 0.6 is 0 Å². The van der Waals surface area contributed by atoms with Crippen molar-refractivity contribution in [3.63, 3.8) is 0 Å². The summed E-state index contributed by atoms with van der Waals surface area (Å²) in [6, 6.07) is -0.790. The maximum absolute atomic E-state index is 11.1. The molecule has 0 aromatic carbocycles. The van der Waals surface area contributed by atoms with Crippen LogP contribution in [0.5, 0.6) is 0 Å². The van der Waals surface area contributed by atoms with Crippen molar-refractivity contribution in [2.45, 2.75) is 6.04 Å². The molecule has 0 radical (unpaired) electrons. The minimum Gasteiger partial charge on any atom is -0.370 e. The molecule has 2 amide bonds. The Balaban J connectivity index is 2.42. The number of morpholine rings is 1. The molecule has 74 valence electrons. The Morgan fingerprint density at radius 3 is 2.92 bits per heavy atom. The quantitative estimate of drug-likeness (QED) is 0.517. The summed E-state index contributed by atoms with van der Waals surface area (Å²) >= 11 is 0. The summed E-state index contributed by atoms with van der Waals surface area (Å²) in [5.41, 5.74) is 10.4. The van der Waals surface area contributed by atoms with Gasteiger partial charge >= 0.3 is 0 Å². The van der Waals surface area contributed by atoms with Gasteiger partial charge in [0.05, 0.1) is 6.61 Å². The number of rotatable bonds is 3. The van der Waals surface area contributed by atoms with Crippen LogP contribution in [-0.2, 0) is 14.3 Å². The van der Waals surface area contributed by atoms with Gasteiger partial charge in [0, 0.05) is 13.1 Å². The SMILES string of the molecule is NC(=O)C(N)CN1CCOCC1=O. The van der Waals surface area contributed by atoms with E-state index in [0.29, 0.717) is 13.2 Å². The molecule has 0 aromatic heterocycles. The van der Waals surface area contributed by atoms with Crippen molar-refractivity contribution in [3.05, 3.63) is 0 Å². The smallest absolute Gasteiger partial charge is 0.248 e. The van der Waals surface area contributed by atoms with Crippen LogP contribution in [0, 0.1) is 0 Å². The van der Waals surface area contributed by atoms with E-state index < -0.39 is 11.9 Å². The van der Waals surface area contributed by atoms with Gasteiger partial charge in [-0.05, 0) is 0 Å². The van der Waals surface area contributed by atoms with Gasteiger partial charge in [-0.3, -0.25) is 9.59 Å². The lowest BCUT2D eigenvalue weighted by Gasteiger charge is -2.28. The second kappa shape index (κ2) is 4.20. The Morgan fingerprint density at radius 2 is 2.38 bits per heavy atom. The van der Waals surface area contributed by atoms with Crippen LogP contribution in [0.3, 0.4) is 0 Å². The molecule has 0 aromatic rings. The zero-order valence-electron chi connectivity index (χ0n) is 7.23.